The van der Waals surface area contributed by atoms with Gasteiger partial charge in [0.25, 0.3) is 0 Å². The van der Waals surface area contributed by atoms with E-state index in [-0.39, 0.29) is 5.41 Å². The number of hydrogen-bond acceptors (Lipinski definition) is 4. The van der Waals surface area contributed by atoms with Crippen molar-refractivity contribution < 1.29 is 18.7 Å². The second-order valence-corrected chi connectivity index (χ2v) is 7.12. The summed E-state index contributed by atoms with van der Waals surface area (Å²) in [5, 5.41) is 10.1. The molecular formula is C12H17O4P. The maximum atomic E-state index is 12.3. The SMILES string of the molecule is CC1(C)COP(=O)(C(O)c2ccccc2)OC1. The molecule has 1 unspecified atom stereocenters. The zero-order chi connectivity index (χ0) is 12.5. The summed E-state index contributed by atoms with van der Waals surface area (Å²) in [6.45, 7) is 4.58. The molecule has 0 saturated carbocycles. The van der Waals surface area contributed by atoms with E-state index >= 15 is 0 Å². The molecule has 1 heterocycles. The Kier molecular flexibility index (Phi) is 3.41. The van der Waals surface area contributed by atoms with E-state index in [0.717, 1.165) is 0 Å². The van der Waals surface area contributed by atoms with Crippen LogP contribution in [0.2, 0.25) is 0 Å². The molecule has 2 rings (SSSR count). The molecule has 94 valence electrons. The van der Waals surface area contributed by atoms with Crippen LogP contribution in [0.1, 0.15) is 25.3 Å². The number of aliphatic hydroxyl groups is 1. The van der Waals surface area contributed by atoms with Crippen molar-refractivity contribution in [2.24, 2.45) is 5.41 Å². The van der Waals surface area contributed by atoms with Crippen LogP contribution in [0, 0.1) is 5.41 Å². The summed E-state index contributed by atoms with van der Waals surface area (Å²) in [4.78, 5) is 0. The van der Waals surface area contributed by atoms with Crippen LogP contribution in [-0.2, 0) is 13.6 Å². The van der Waals surface area contributed by atoms with Gasteiger partial charge in [0.15, 0.2) is 5.85 Å². The molecule has 0 bridgehead atoms. The molecule has 0 spiro atoms. The first-order valence-corrected chi connectivity index (χ1v) is 7.16. The van der Waals surface area contributed by atoms with Crippen molar-refractivity contribution in [3.05, 3.63) is 35.9 Å². The minimum atomic E-state index is -3.45. The average Bonchev–Trinajstić information content (AvgIpc) is 2.34. The van der Waals surface area contributed by atoms with Crippen LogP contribution in [-0.4, -0.2) is 18.3 Å². The largest absolute Gasteiger partial charge is 0.376 e. The first kappa shape index (κ1) is 12.8. The Morgan fingerprint density at radius 2 is 1.76 bits per heavy atom. The summed E-state index contributed by atoms with van der Waals surface area (Å²) in [5.41, 5.74) is 0.389. The molecule has 1 aliphatic heterocycles. The molecule has 0 aromatic heterocycles. The maximum absolute atomic E-state index is 12.3. The molecule has 1 atom stereocenters. The van der Waals surface area contributed by atoms with Gasteiger partial charge in [-0.1, -0.05) is 44.2 Å². The molecule has 1 saturated heterocycles. The van der Waals surface area contributed by atoms with E-state index in [2.05, 4.69) is 0 Å². The van der Waals surface area contributed by atoms with Crippen LogP contribution in [0.15, 0.2) is 30.3 Å². The van der Waals surface area contributed by atoms with Crippen LogP contribution in [0.25, 0.3) is 0 Å². The Bertz CT molecular complexity index is 415. The van der Waals surface area contributed by atoms with E-state index in [4.69, 9.17) is 9.05 Å². The summed E-state index contributed by atoms with van der Waals surface area (Å²) in [6.07, 6.45) is 0. The summed E-state index contributed by atoms with van der Waals surface area (Å²) >= 11 is 0. The van der Waals surface area contributed by atoms with E-state index in [9.17, 15) is 9.67 Å². The highest BCUT2D eigenvalue weighted by atomic mass is 31.2. The third-order valence-corrected chi connectivity index (χ3v) is 4.54. The maximum Gasteiger partial charge on any atom is 0.363 e. The van der Waals surface area contributed by atoms with Gasteiger partial charge in [-0.05, 0) is 5.56 Å². The van der Waals surface area contributed by atoms with Crippen molar-refractivity contribution in [2.75, 3.05) is 13.2 Å². The molecule has 1 aliphatic rings. The van der Waals surface area contributed by atoms with Crippen molar-refractivity contribution in [1.82, 2.24) is 0 Å². The minimum Gasteiger partial charge on any atom is -0.376 e. The summed E-state index contributed by atoms with van der Waals surface area (Å²) < 4.78 is 22.9. The van der Waals surface area contributed by atoms with Crippen molar-refractivity contribution >= 4 is 7.60 Å². The summed E-state index contributed by atoms with van der Waals surface area (Å²) in [6, 6.07) is 8.79. The Morgan fingerprint density at radius 3 is 2.29 bits per heavy atom. The second kappa shape index (κ2) is 4.54. The highest BCUT2D eigenvalue weighted by Gasteiger charge is 2.42. The molecule has 1 aromatic carbocycles. The Hall–Kier alpha value is -0.670. The lowest BCUT2D eigenvalue weighted by molar-refractivity contribution is 0.0229. The van der Waals surface area contributed by atoms with Gasteiger partial charge in [0, 0.05) is 5.41 Å². The molecule has 0 amide bonds. The Labute approximate surface area is 101 Å². The highest BCUT2D eigenvalue weighted by Crippen LogP contribution is 2.62. The molecule has 17 heavy (non-hydrogen) atoms. The van der Waals surface area contributed by atoms with Crippen molar-refractivity contribution in [1.29, 1.82) is 0 Å². The van der Waals surface area contributed by atoms with Gasteiger partial charge >= 0.3 is 7.60 Å². The van der Waals surface area contributed by atoms with Crippen molar-refractivity contribution in [2.45, 2.75) is 19.7 Å². The number of benzene rings is 1. The number of hydrogen-bond donors (Lipinski definition) is 1. The van der Waals surface area contributed by atoms with E-state index in [1.807, 2.05) is 19.9 Å². The molecule has 5 heteroatoms. The zero-order valence-electron chi connectivity index (χ0n) is 10.00. The van der Waals surface area contributed by atoms with Crippen LogP contribution in [0.3, 0.4) is 0 Å². The molecular weight excluding hydrogens is 239 g/mol. The van der Waals surface area contributed by atoms with Crippen LogP contribution >= 0.6 is 7.60 Å². The predicted octanol–water partition coefficient (Wildman–Crippen LogP) is 2.94. The highest BCUT2D eigenvalue weighted by molar-refractivity contribution is 7.54. The van der Waals surface area contributed by atoms with E-state index in [1.54, 1.807) is 24.3 Å². The second-order valence-electron chi connectivity index (χ2n) is 5.04. The van der Waals surface area contributed by atoms with Crippen LogP contribution in [0.4, 0.5) is 0 Å². The number of aliphatic hydroxyl groups excluding tert-OH is 1. The Balaban J connectivity index is 2.15. The van der Waals surface area contributed by atoms with Gasteiger partial charge in [0.2, 0.25) is 0 Å². The first-order valence-electron chi connectivity index (χ1n) is 5.55. The summed E-state index contributed by atoms with van der Waals surface area (Å²) in [7, 11) is -3.45. The minimum absolute atomic E-state index is 0.162. The molecule has 1 N–H and O–H groups in total. The van der Waals surface area contributed by atoms with Gasteiger partial charge in [0.05, 0.1) is 13.2 Å². The average molecular weight is 256 g/mol. The molecule has 0 radical (unpaired) electrons. The fraction of sp³-hybridized carbons (Fsp3) is 0.500. The van der Waals surface area contributed by atoms with Gasteiger partial charge in [0.1, 0.15) is 0 Å². The fourth-order valence-electron chi connectivity index (χ4n) is 1.56. The van der Waals surface area contributed by atoms with Gasteiger partial charge < -0.3 is 14.2 Å². The van der Waals surface area contributed by atoms with Gasteiger partial charge in [-0.2, -0.15) is 0 Å². The monoisotopic (exact) mass is 256 g/mol. The molecule has 1 fully saturated rings. The smallest absolute Gasteiger partial charge is 0.363 e. The lowest BCUT2D eigenvalue weighted by Gasteiger charge is -2.35. The third kappa shape index (κ3) is 2.78. The molecule has 0 aliphatic carbocycles. The van der Waals surface area contributed by atoms with Gasteiger partial charge in [-0.3, -0.25) is 4.57 Å². The van der Waals surface area contributed by atoms with Gasteiger partial charge in [-0.15, -0.1) is 0 Å². The van der Waals surface area contributed by atoms with Crippen molar-refractivity contribution in [3.8, 4) is 0 Å². The lowest BCUT2D eigenvalue weighted by atomic mass is 9.97. The lowest BCUT2D eigenvalue weighted by Crippen LogP contribution is -2.30. The standard InChI is InChI=1S/C12H17O4P/c1-12(2)8-15-17(14,16-9-12)11(13)10-6-4-3-5-7-10/h3-7,11,13H,8-9H2,1-2H3. The molecule has 4 nitrogen and oxygen atoms in total. The van der Waals surface area contributed by atoms with Gasteiger partial charge in [-0.25, -0.2) is 0 Å². The topological polar surface area (TPSA) is 55.8 Å². The zero-order valence-corrected chi connectivity index (χ0v) is 10.9. The van der Waals surface area contributed by atoms with E-state index < -0.39 is 13.4 Å². The third-order valence-electron chi connectivity index (χ3n) is 2.67. The summed E-state index contributed by atoms with van der Waals surface area (Å²) in [5.74, 6) is -1.21. The predicted molar refractivity (Wildman–Crippen MR) is 64.7 cm³/mol. The van der Waals surface area contributed by atoms with E-state index in [1.165, 1.54) is 0 Å². The number of rotatable bonds is 2. The fourth-order valence-corrected chi connectivity index (χ4v) is 3.51. The normalized spacial score (nSPS) is 24.2. The quantitative estimate of drug-likeness (QED) is 0.826. The van der Waals surface area contributed by atoms with Crippen molar-refractivity contribution in [3.63, 3.8) is 0 Å². The molecule has 1 aromatic rings. The first-order chi connectivity index (χ1) is 7.93. The Morgan fingerprint density at radius 1 is 1.24 bits per heavy atom. The van der Waals surface area contributed by atoms with Crippen LogP contribution in [0.5, 0.6) is 0 Å². The van der Waals surface area contributed by atoms with E-state index in [0.29, 0.717) is 18.8 Å². The van der Waals surface area contributed by atoms with Crippen LogP contribution < -0.4 is 0 Å².